The molecule has 0 spiro atoms. The summed E-state index contributed by atoms with van der Waals surface area (Å²) in [5.74, 6) is 0. The van der Waals surface area contributed by atoms with Crippen LogP contribution in [0.4, 0.5) is 4.79 Å². The molecule has 0 atom stereocenters. The monoisotopic (exact) mass is 192 g/mol. The number of carbonyl (C=O) groups is 1. The molecule has 0 aromatic carbocycles. The minimum Gasteiger partial charge on any atom is -0.351 e. The van der Waals surface area contributed by atoms with E-state index in [-0.39, 0.29) is 18.4 Å². The molecule has 0 aliphatic heterocycles. The van der Waals surface area contributed by atoms with E-state index in [1.54, 1.807) is 4.90 Å². The van der Waals surface area contributed by atoms with Crippen molar-refractivity contribution in [1.29, 1.82) is 0 Å². The lowest BCUT2D eigenvalue weighted by molar-refractivity contribution is 0.188. The third kappa shape index (κ3) is 2.55. The topological polar surface area (TPSA) is 46.3 Å². The average Bonchev–Trinajstić information content (AvgIpc) is 2.40. The van der Waals surface area contributed by atoms with Crippen LogP contribution in [0, 0.1) is 0 Å². The van der Waals surface area contributed by atoms with Crippen molar-refractivity contribution in [2.45, 2.75) is 38.6 Å². The minimum atomic E-state index is -0.264. The number of urea groups is 1. The van der Waals surface area contributed by atoms with Gasteiger partial charge in [0.25, 0.3) is 0 Å². The Morgan fingerprint density at radius 1 is 1.50 bits per heavy atom. The molecule has 0 radical (unpaired) electrons. The van der Waals surface area contributed by atoms with Crippen LogP contribution in [0.25, 0.3) is 0 Å². The second-order valence-electron chi connectivity index (χ2n) is 3.06. The Bertz CT molecular complexity index is 146. The molecule has 3 nitrogen and oxygen atoms in total. The smallest absolute Gasteiger partial charge is 0.315 e. The Balaban J connectivity index is 0.00000121. The SMILES string of the molecule is CCN(C(N)=O)C1CCCC1.Cl. The van der Waals surface area contributed by atoms with Crippen LogP contribution in [-0.4, -0.2) is 23.5 Å². The zero-order valence-electron chi connectivity index (χ0n) is 7.45. The molecule has 4 heteroatoms. The zero-order valence-corrected chi connectivity index (χ0v) is 8.27. The van der Waals surface area contributed by atoms with Gasteiger partial charge in [0, 0.05) is 12.6 Å². The van der Waals surface area contributed by atoms with Crippen molar-refractivity contribution in [2.75, 3.05) is 6.54 Å². The van der Waals surface area contributed by atoms with E-state index in [1.807, 2.05) is 6.92 Å². The molecule has 2 N–H and O–H groups in total. The number of nitrogens with two attached hydrogens (primary N) is 1. The van der Waals surface area contributed by atoms with Crippen LogP contribution in [0.2, 0.25) is 0 Å². The summed E-state index contributed by atoms with van der Waals surface area (Å²) in [6.07, 6.45) is 4.76. The van der Waals surface area contributed by atoms with Gasteiger partial charge in [0.15, 0.2) is 0 Å². The molecule has 0 bridgehead atoms. The predicted octanol–water partition coefficient (Wildman–Crippen LogP) is 1.75. The lowest BCUT2D eigenvalue weighted by Gasteiger charge is -2.25. The number of carbonyl (C=O) groups excluding carboxylic acids is 1. The second-order valence-corrected chi connectivity index (χ2v) is 3.06. The fourth-order valence-electron chi connectivity index (χ4n) is 1.81. The van der Waals surface area contributed by atoms with Crippen LogP contribution in [0.3, 0.4) is 0 Å². The summed E-state index contributed by atoms with van der Waals surface area (Å²) in [6, 6.07) is 0.164. The number of rotatable bonds is 2. The fourth-order valence-corrected chi connectivity index (χ4v) is 1.81. The molecule has 2 amide bonds. The standard InChI is InChI=1S/C8H16N2O.ClH/c1-2-10(8(9)11)7-5-3-4-6-7;/h7H,2-6H2,1H3,(H2,9,11);1H. The van der Waals surface area contributed by atoms with E-state index >= 15 is 0 Å². The van der Waals surface area contributed by atoms with E-state index in [0.717, 1.165) is 19.4 Å². The van der Waals surface area contributed by atoms with Gasteiger partial charge in [-0.05, 0) is 19.8 Å². The first-order valence-corrected chi connectivity index (χ1v) is 4.31. The Morgan fingerprint density at radius 2 is 2.00 bits per heavy atom. The van der Waals surface area contributed by atoms with Crippen LogP contribution in [-0.2, 0) is 0 Å². The van der Waals surface area contributed by atoms with Crippen LogP contribution in [0.15, 0.2) is 0 Å². The molecule has 1 aliphatic rings. The highest BCUT2D eigenvalue weighted by Gasteiger charge is 2.23. The molecular weight excluding hydrogens is 176 g/mol. The van der Waals surface area contributed by atoms with Gasteiger partial charge in [-0.2, -0.15) is 0 Å². The molecule has 0 saturated heterocycles. The Labute approximate surface area is 79.7 Å². The first-order chi connectivity index (χ1) is 5.25. The highest BCUT2D eigenvalue weighted by Crippen LogP contribution is 2.22. The average molecular weight is 193 g/mol. The Kier molecular flexibility index (Phi) is 5.06. The first kappa shape index (κ1) is 11.6. The van der Waals surface area contributed by atoms with Gasteiger partial charge in [-0.25, -0.2) is 4.79 Å². The largest absolute Gasteiger partial charge is 0.351 e. The van der Waals surface area contributed by atoms with E-state index < -0.39 is 0 Å². The van der Waals surface area contributed by atoms with Crippen molar-refractivity contribution >= 4 is 18.4 Å². The van der Waals surface area contributed by atoms with Crippen LogP contribution in [0.5, 0.6) is 0 Å². The summed E-state index contributed by atoms with van der Waals surface area (Å²) in [5, 5.41) is 0. The van der Waals surface area contributed by atoms with Gasteiger partial charge < -0.3 is 10.6 Å². The summed E-state index contributed by atoms with van der Waals surface area (Å²) in [5.41, 5.74) is 5.21. The van der Waals surface area contributed by atoms with Gasteiger partial charge in [-0.1, -0.05) is 12.8 Å². The van der Waals surface area contributed by atoms with Crippen molar-refractivity contribution in [2.24, 2.45) is 5.73 Å². The fraction of sp³-hybridized carbons (Fsp3) is 0.875. The van der Waals surface area contributed by atoms with Gasteiger partial charge in [0.2, 0.25) is 0 Å². The van der Waals surface area contributed by atoms with E-state index in [4.69, 9.17) is 5.73 Å². The number of nitrogens with zero attached hydrogens (tertiary/aromatic N) is 1. The maximum absolute atomic E-state index is 10.9. The van der Waals surface area contributed by atoms with E-state index in [0.29, 0.717) is 6.04 Å². The highest BCUT2D eigenvalue weighted by atomic mass is 35.5. The number of hydrogen-bond acceptors (Lipinski definition) is 1. The third-order valence-electron chi connectivity index (χ3n) is 2.39. The van der Waals surface area contributed by atoms with Crippen molar-refractivity contribution in [3.8, 4) is 0 Å². The van der Waals surface area contributed by atoms with E-state index in [1.165, 1.54) is 12.8 Å². The Hall–Kier alpha value is -0.440. The highest BCUT2D eigenvalue weighted by molar-refractivity contribution is 5.85. The van der Waals surface area contributed by atoms with Crippen molar-refractivity contribution in [1.82, 2.24) is 4.90 Å². The second kappa shape index (κ2) is 5.25. The van der Waals surface area contributed by atoms with Crippen LogP contribution in [0.1, 0.15) is 32.6 Å². The summed E-state index contributed by atoms with van der Waals surface area (Å²) in [7, 11) is 0. The third-order valence-corrected chi connectivity index (χ3v) is 2.39. The number of primary amides is 1. The molecule has 1 aliphatic carbocycles. The van der Waals surface area contributed by atoms with Gasteiger partial charge in [0.1, 0.15) is 0 Å². The molecule has 0 heterocycles. The number of hydrogen-bond donors (Lipinski definition) is 1. The molecule has 0 aromatic heterocycles. The van der Waals surface area contributed by atoms with Crippen molar-refractivity contribution in [3.63, 3.8) is 0 Å². The number of halogens is 1. The lowest BCUT2D eigenvalue weighted by atomic mass is 10.2. The molecule has 1 saturated carbocycles. The maximum Gasteiger partial charge on any atom is 0.315 e. The quantitative estimate of drug-likeness (QED) is 0.712. The Morgan fingerprint density at radius 3 is 2.33 bits per heavy atom. The summed E-state index contributed by atoms with van der Waals surface area (Å²) in [4.78, 5) is 12.6. The van der Waals surface area contributed by atoms with Gasteiger partial charge in [-0.15, -0.1) is 12.4 Å². The summed E-state index contributed by atoms with van der Waals surface area (Å²) in [6.45, 7) is 2.73. The minimum absolute atomic E-state index is 0. The van der Waals surface area contributed by atoms with Crippen LogP contribution >= 0.6 is 12.4 Å². The molecule has 72 valence electrons. The number of amides is 2. The molecule has 0 unspecified atom stereocenters. The summed E-state index contributed by atoms with van der Waals surface area (Å²) >= 11 is 0. The molecule has 1 fully saturated rings. The summed E-state index contributed by atoms with van der Waals surface area (Å²) < 4.78 is 0. The van der Waals surface area contributed by atoms with Gasteiger partial charge >= 0.3 is 6.03 Å². The molecule has 12 heavy (non-hydrogen) atoms. The molecule has 0 aromatic rings. The molecular formula is C8H17ClN2O. The lowest BCUT2D eigenvalue weighted by Crippen LogP contribution is -2.42. The zero-order chi connectivity index (χ0) is 8.27. The van der Waals surface area contributed by atoms with E-state index in [2.05, 4.69) is 0 Å². The first-order valence-electron chi connectivity index (χ1n) is 4.31. The maximum atomic E-state index is 10.9. The van der Waals surface area contributed by atoms with E-state index in [9.17, 15) is 4.79 Å². The van der Waals surface area contributed by atoms with Crippen molar-refractivity contribution in [3.05, 3.63) is 0 Å². The molecule has 1 rings (SSSR count). The van der Waals surface area contributed by atoms with Crippen LogP contribution < -0.4 is 5.73 Å². The van der Waals surface area contributed by atoms with Gasteiger partial charge in [-0.3, -0.25) is 0 Å². The predicted molar refractivity (Wildman–Crippen MR) is 51.5 cm³/mol. The normalized spacial score (nSPS) is 17.1. The van der Waals surface area contributed by atoms with Crippen molar-refractivity contribution < 1.29 is 4.79 Å². The van der Waals surface area contributed by atoms with Gasteiger partial charge in [0.05, 0.1) is 0 Å².